The molecule has 36 heavy (non-hydrogen) atoms. The average molecular weight is 601 g/mol. The largest absolute Gasteiger partial charge is 1.00 e. The highest BCUT2D eigenvalue weighted by Gasteiger charge is 2.25. The fraction of sp³-hybridized carbons (Fsp3) is 0.452. The lowest BCUT2D eigenvalue weighted by atomic mass is 10.1. The predicted molar refractivity (Wildman–Crippen MR) is 145 cm³/mol. The van der Waals surface area contributed by atoms with Crippen molar-refractivity contribution in [1.82, 2.24) is 0 Å². The monoisotopic (exact) mass is 600 g/mol. The Labute approximate surface area is 234 Å². The van der Waals surface area contributed by atoms with Crippen molar-refractivity contribution in [2.24, 2.45) is 0 Å². The molecule has 0 unspecified atom stereocenters. The van der Waals surface area contributed by atoms with E-state index in [1.54, 1.807) is 0 Å². The Balaban J connectivity index is 0.00000361. The minimum atomic E-state index is 0. The maximum Gasteiger partial charge on any atom is 0.374 e. The summed E-state index contributed by atoms with van der Waals surface area (Å²) in [5.74, 6) is 2.71. The van der Waals surface area contributed by atoms with E-state index in [-0.39, 0.29) is 24.0 Å². The van der Waals surface area contributed by atoms with Gasteiger partial charge < -0.3 is 38.0 Å². The first kappa shape index (κ1) is 28.3. The lowest BCUT2D eigenvalue weighted by molar-refractivity contribution is -0.678. The Kier molecular flexibility index (Phi) is 11.9. The first-order valence-corrected chi connectivity index (χ1v) is 13.7. The fourth-order valence-corrected chi connectivity index (χ4v) is 4.77. The number of oxazole rings is 1. The highest BCUT2D eigenvalue weighted by atomic mass is 127. The number of fused-ring (bicyclic) bond motifs is 2. The maximum atomic E-state index is 6.23. The molecule has 2 aromatic carbocycles. The van der Waals surface area contributed by atoms with Crippen molar-refractivity contribution in [1.29, 1.82) is 0 Å². The topological polar surface area (TPSA) is 29.5 Å². The van der Waals surface area contributed by atoms with Crippen molar-refractivity contribution in [2.75, 3.05) is 11.4 Å². The summed E-state index contributed by atoms with van der Waals surface area (Å²) in [5.41, 5.74) is 3.26. The van der Waals surface area contributed by atoms with Gasteiger partial charge in [-0.15, -0.1) is 0 Å². The van der Waals surface area contributed by atoms with Crippen LogP contribution >= 0.6 is 0 Å². The molecular weight excluding hydrogens is 559 g/mol. The van der Waals surface area contributed by atoms with Gasteiger partial charge in [0.05, 0.1) is 11.8 Å². The average Bonchev–Trinajstić information content (AvgIpc) is 3.41. The Morgan fingerprint density at radius 2 is 1.50 bits per heavy atom. The van der Waals surface area contributed by atoms with E-state index in [4.69, 9.17) is 9.15 Å². The molecule has 0 radical (unpaired) electrons. The number of ether oxygens (including phenoxy) is 1. The molecule has 0 saturated carbocycles. The van der Waals surface area contributed by atoms with E-state index in [0.29, 0.717) is 0 Å². The Bertz CT molecular complexity index is 1130. The van der Waals surface area contributed by atoms with E-state index in [1.165, 1.54) is 64.2 Å². The lowest BCUT2D eigenvalue weighted by Crippen LogP contribution is -3.00. The SMILES string of the molecule is CCCCCCCN1/C(=C/C=C/c2oc3ccccc3[n+]2CCCCCCC)Oc2ccccc21.[I-]. The van der Waals surface area contributed by atoms with Gasteiger partial charge in [-0.25, -0.2) is 0 Å². The zero-order valence-corrected chi connectivity index (χ0v) is 24.1. The molecule has 0 atom stereocenters. The van der Waals surface area contributed by atoms with Gasteiger partial charge in [0.25, 0.3) is 5.52 Å². The first-order chi connectivity index (χ1) is 17.3. The molecule has 0 bridgehead atoms. The van der Waals surface area contributed by atoms with Gasteiger partial charge in [0.15, 0.2) is 12.3 Å². The van der Waals surface area contributed by atoms with E-state index < -0.39 is 0 Å². The summed E-state index contributed by atoms with van der Waals surface area (Å²) in [6.07, 6.45) is 18.8. The third kappa shape index (κ3) is 7.37. The number of halogens is 1. The molecular formula is C31H41IN2O2. The van der Waals surface area contributed by atoms with Crippen molar-refractivity contribution in [3.63, 3.8) is 0 Å². The maximum absolute atomic E-state index is 6.23. The summed E-state index contributed by atoms with van der Waals surface area (Å²) in [5, 5.41) is 0. The van der Waals surface area contributed by atoms with Gasteiger partial charge in [-0.05, 0) is 43.2 Å². The summed E-state index contributed by atoms with van der Waals surface area (Å²) < 4.78 is 14.8. The third-order valence-electron chi connectivity index (χ3n) is 6.72. The molecule has 3 aromatic rings. The zero-order chi connectivity index (χ0) is 24.3. The van der Waals surface area contributed by atoms with Crippen LogP contribution in [-0.2, 0) is 6.54 Å². The quantitative estimate of drug-likeness (QED) is 0.141. The number of hydrogen-bond donors (Lipinski definition) is 0. The number of rotatable bonds is 14. The van der Waals surface area contributed by atoms with Gasteiger partial charge in [-0.2, -0.15) is 4.57 Å². The molecule has 4 rings (SSSR count). The van der Waals surface area contributed by atoms with Crippen LogP contribution in [0, 0.1) is 0 Å². The van der Waals surface area contributed by atoms with Crippen molar-refractivity contribution < 1.29 is 37.7 Å². The van der Waals surface area contributed by atoms with Crippen molar-refractivity contribution in [3.8, 4) is 5.75 Å². The Morgan fingerprint density at radius 3 is 2.31 bits per heavy atom. The highest BCUT2D eigenvalue weighted by molar-refractivity contribution is 5.70. The van der Waals surface area contributed by atoms with Crippen LogP contribution in [0.25, 0.3) is 17.2 Å². The number of para-hydroxylation sites is 4. The summed E-state index contributed by atoms with van der Waals surface area (Å²) in [4.78, 5) is 2.31. The Morgan fingerprint density at radius 1 is 0.806 bits per heavy atom. The van der Waals surface area contributed by atoms with Crippen LogP contribution < -0.4 is 38.2 Å². The second-order valence-electron chi connectivity index (χ2n) is 9.47. The van der Waals surface area contributed by atoms with Crippen LogP contribution in [-0.4, -0.2) is 6.54 Å². The normalized spacial score (nSPS) is 13.9. The van der Waals surface area contributed by atoms with E-state index in [1.807, 2.05) is 12.1 Å². The zero-order valence-electron chi connectivity index (χ0n) is 21.9. The number of aromatic nitrogens is 1. The van der Waals surface area contributed by atoms with Crippen LogP contribution in [0.3, 0.4) is 0 Å². The number of hydrogen-bond acceptors (Lipinski definition) is 3. The summed E-state index contributed by atoms with van der Waals surface area (Å²) >= 11 is 0. The molecule has 5 heteroatoms. The predicted octanol–water partition coefficient (Wildman–Crippen LogP) is 5.42. The number of allylic oxidation sites excluding steroid dienone is 2. The van der Waals surface area contributed by atoms with Gasteiger partial charge in [-0.3, -0.25) is 0 Å². The van der Waals surface area contributed by atoms with E-state index in [0.717, 1.165) is 47.4 Å². The van der Waals surface area contributed by atoms with Gasteiger partial charge in [0.1, 0.15) is 0 Å². The molecule has 1 aliphatic heterocycles. The second kappa shape index (κ2) is 15.1. The van der Waals surface area contributed by atoms with E-state index in [9.17, 15) is 0 Å². The molecule has 0 spiro atoms. The lowest BCUT2D eigenvalue weighted by Gasteiger charge is -2.18. The second-order valence-corrected chi connectivity index (χ2v) is 9.47. The minimum absolute atomic E-state index is 0. The van der Waals surface area contributed by atoms with Gasteiger partial charge >= 0.3 is 5.89 Å². The van der Waals surface area contributed by atoms with Gasteiger partial charge in [0, 0.05) is 19.0 Å². The summed E-state index contributed by atoms with van der Waals surface area (Å²) in [6, 6.07) is 16.6. The summed E-state index contributed by atoms with van der Waals surface area (Å²) in [6.45, 7) is 6.47. The molecule has 0 saturated heterocycles. The molecule has 0 aliphatic carbocycles. The van der Waals surface area contributed by atoms with Gasteiger partial charge in [-0.1, -0.05) is 83.1 Å². The molecule has 0 amide bonds. The van der Waals surface area contributed by atoms with E-state index >= 15 is 0 Å². The Hall–Kier alpha value is -2.28. The van der Waals surface area contributed by atoms with Crippen LogP contribution in [0.4, 0.5) is 5.69 Å². The van der Waals surface area contributed by atoms with Crippen LogP contribution in [0.15, 0.2) is 71.0 Å². The molecule has 1 aliphatic rings. The smallest absolute Gasteiger partial charge is 0.374 e. The molecule has 4 nitrogen and oxygen atoms in total. The van der Waals surface area contributed by atoms with E-state index in [2.05, 4.69) is 77.9 Å². The molecule has 0 fully saturated rings. The van der Waals surface area contributed by atoms with Gasteiger partial charge in [0.2, 0.25) is 11.5 Å². The number of anilines is 1. The van der Waals surface area contributed by atoms with Crippen molar-refractivity contribution in [3.05, 3.63) is 72.5 Å². The van der Waals surface area contributed by atoms with Crippen LogP contribution in [0.1, 0.15) is 83.9 Å². The van der Waals surface area contributed by atoms with Crippen LogP contribution in [0.2, 0.25) is 0 Å². The molecule has 0 N–H and O–H groups in total. The van der Waals surface area contributed by atoms with Crippen LogP contribution in [0.5, 0.6) is 5.75 Å². The van der Waals surface area contributed by atoms with Crippen molar-refractivity contribution in [2.45, 2.75) is 84.6 Å². The summed E-state index contributed by atoms with van der Waals surface area (Å²) in [7, 11) is 0. The number of benzene rings is 2. The number of nitrogens with zero attached hydrogens (tertiary/aromatic N) is 2. The minimum Gasteiger partial charge on any atom is -1.00 e. The number of aryl methyl sites for hydroxylation is 1. The first-order valence-electron chi connectivity index (χ1n) is 13.7. The van der Waals surface area contributed by atoms with Crippen molar-refractivity contribution >= 4 is 22.9 Å². The molecule has 2 heterocycles. The standard InChI is InChI=1S/C31H41N2O2.HI/c1-3-5-7-9-15-24-32-26-18-11-13-20-28(26)34-30(32)22-17-23-31-33(25-16-10-8-6-4-2)27-19-12-14-21-29(27)35-31;/h11-14,17-23H,3-10,15-16,24-25H2,1-2H3;1H/q+1;/p-1. The molecule has 194 valence electrons. The fourth-order valence-electron chi connectivity index (χ4n) is 4.77. The third-order valence-corrected chi connectivity index (χ3v) is 6.72. The number of unbranched alkanes of at least 4 members (excludes halogenated alkanes) is 8. The highest BCUT2D eigenvalue weighted by Crippen LogP contribution is 2.38. The molecule has 1 aromatic heterocycles.